The third-order valence-electron chi connectivity index (χ3n) is 3.58. The van der Waals surface area contributed by atoms with E-state index in [1.807, 2.05) is 0 Å². The van der Waals surface area contributed by atoms with E-state index >= 15 is 0 Å². The molecule has 0 atom stereocenters. The summed E-state index contributed by atoms with van der Waals surface area (Å²) >= 11 is 0. The van der Waals surface area contributed by atoms with Gasteiger partial charge in [0, 0.05) is 5.56 Å². The van der Waals surface area contributed by atoms with Crippen LogP contribution >= 0.6 is 0 Å². The topological polar surface area (TPSA) is 74.2 Å². The van der Waals surface area contributed by atoms with E-state index in [9.17, 15) is 61.1 Å². The van der Waals surface area contributed by atoms with Crippen molar-refractivity contribution >= 4 is 15.8 Å². The number of ether oxygens (including phenoxy) is 2. The lowest BCUT2D eigenvalue weighted by atomic mass is 10.1. The highest BCUT2D eigenvalue weighted by Crippen LogP contribution is 2.55. The van der Waals surface area contributed by atoms with Gasteiger partial charge in [-0.25, -0.2) is 0 Å². The molecule has 0 amide bonds. The van der Waals surface area contributed by atoms with Gasteiger partial charge in [0.2, 0.25) is 0 Å². The smallest absolute Gasteiger partial charge is 0.460 e. The molecule has 0 spiro atoms. The Bertz CT molecular complexity index is 1000. The Morgan fingerprint density at radius 2 is 1.27 bits per heavy atom. The molecule has 1 aromatic rings. The quantitative estimate of drug-likeness (QED) is 0.275. The molecule has 6 nitrogen and oxygen atoms in total. The predicted molar refractivity (Wildman–Crippen MR) is 83.0 cm³/mol. The molecule has 0 saturated heterocycles. The molecule has 1 aromatic carbocycles. The number of alkyl halides is 12. The predicted octanol–water partition coefficient (Wildman–Crippen LogP) is 4.74. The standard InChI is InChI=1S/C14H9F12NO5S/c1-30-7-4-3-6(5-8(7)31-2)9(10(15,16)17)27-32-33(28,29)14(25,26)12(20,21)11(18,19)13(22,23)24/h3-5H,1-2H3/b27-9-. The highest BCUT2D eigenvalue weighted by Gasteiger charge is 2.86. The lowest BCUT2D eigenvalue weighted by molar-refractivity contribution is -0.382. The van der Waals surface area contributed by atoms with Crippen LogP contribution in [-0.4, -0.2) is 57.8 Å². The van der Waals surface area contributed by atoms with Gasteiger partial charge in [-0.1, -0.05) is 5.16 Å². The van der Waals surface area contributed by atoms with Crippen LogP contribution < -0.4 is 9.47 Å². The van der Waals surface area contributed by atoms with Crippen molar-refractivity contribution in [2.24, 2.45) is 5.16 Å². The van der Waals surface area contributed by atoms with Gasteiger partial charge >= 0.3 is 39.6 Å². The van der Waals surface area contributed by atoms with E-state index in [0.717, 1.165) is 20.3 Å². The molecule has 0 fully saturated rings. The lowest BCUT2D eigenvalue weighted by Gasteiger charge is -2.31. The van der Waals surface area contributed by atoms with E-state index in [4.69, 9.17) is 4.74 Å². The number of rotatable bonds is 8. The van der Waals surface area contributed by atoms with Gasteiger partial charge in [-0.05, 0) is 18.2 Å². The third kappa shape index (κ3) is 5.01. The number of nitrogens with zero attached hydrogens (tertiary/aromatic N) is 1. The van der Waals surface area contributed by atoms with Crippen LogP contribution in [0.15, 0.2) is 23.4 Å². The highest BCUT2D eigenvalue weighted by atomic mass is 32.2. The molecule has 0 N–H and O–H groups in total. The second kappa shape index (κ2) is 8.64. The minimum Gasteiger partial charge on any atom is -0.493 e. The Hall–Kier alpha value is -2.60. The second-order valence-corrected chi connectivity index (χ2v) is 7.27. The first kappa shape index (κ1) is 28.4. The Morgan fingerprint density at radius 1 is 0.788 bits per heavy atom. The maximum atomic E-state index is 13.5. The summed E-state index contributed by atoms with van der Waals surface area (Å²) in [5.74, 6) is -16.0. The maximum absolute atomic E-state index is 13.5. The molecule has 1 rings (SSSR count). The molecule has 0 aliphatic rings. The summed E-state index contributed by atoms with van der Waals surface area (Å²) in [6, 6.07) is 1.72. The first-order chi connectivity index (χ1) is 14.6. The van der Waals surface area contributed by atoms with Gasteiger partial charge < -0.3 is 9.47 Å². The fourth-order valence-corrected chi connectivity index (χ4v) is 2.61. The first-order valence-corrected chi connectivity index (χ1v) is 9.00. The monoisotopic (exact) mass is 531 g/mol. The summed E-state index contributed by atoms with van der Waals surface area (Å²) in [6.45, 7) is 0. The maximum Gasteiger partial charge on any atom is 0.460 e. The first-order valence-electron chi connectivity index (χ1n) is 7.59. The molecule has 0 aliphatic heterocycles. The zero-order valence-electron chi connectivity index (χ0n) is 15.7. The van der Waals surface area contributed by atoms with Gasteiger partial charge in [0.1, 0.15) is 0 Å². The summed E-state index contributed by atoms with van der Waals surface area (Å²) in [5, 5.41) is -5.63. The van der Waals surface area contributed by atoms with E-state index in [0.29, 0.717) is 12.1 Å². The van der Waals surface area contributed by atoms with Crippen molar-refractivity contribution in [1.82, 2.24) is 0 Å². The molecule has 0 heterocycles. The Morgan fingerprint density at radius 3 is 1.67 bits per heavy atom. The summed E-state index contributed by atoms with van der Waals surface area (Å²) in [4.78, 5) is 0. The Kier molecular flexibility index (Phi) is 7.44. The van der Waals surface area contributed by atoms with Crippen molar-refractivity contribution in [2.45, 2.75) is 29.5 Å². The van der Waals surface area contributed by atoms with E-state index in [1.165, 1.54) is 0 Å². The van der Waals surface area contributed by atoms with Crippen LogP contribution in [0.25, 0.3) is 0 Å². The SMILES string of the molecule is COc1ccc(/C(=N/OS(=O)(=O)C(F)(F)C(F)(F)C(F)(F)C(F)(F)F)C(F)(F)F)cc1OC. The van der Waals surface area contributed by atoms with Crippen LogP contribution in [0.2, 0.25) is 0 Å². The van der Waals surface area contributed by atoms with Crippen LogP contribution in [0, 0.1) is 0 Å². The van der Waals surface area contributed by atoms with Gasteiger partial charge in [-0.3, -0.25) is 4.28 Å². The fourth-order valence-electron chi connectivity index (χ4n) is 1.90. The minimum atomic E-state index is -7.71. The van der Waals surface area contributed by atoms with E-state index in [-0.39, 0.29) is 5.75 Å². The number of methoxy groups -OCH3 is 2. The number of halogens is 12. The van der Waals surface area contributed by atoms with Crippen molar-refractivity contribution in [3.05, 3.63) is 23.8 Å². The zero-order chi connectivity index (χ0) is 26.3. The van der Waals surface area contributed by atoms with Crippen molar-refractivity contribution in [3.63, 3.8) is 0 Å². The van der Waals surface area contributed by atoms with Gasteiger partial charge in [0.05, 0.1) is 14.2 Å². The minimum absolute atomic E-state index is 0.197. The van der Waals surface area contributed by atoms with Gasteiger partial charge in [-0.2, -0.15) is 61.1 Å². The lowest BCUT2D eigenvalue weighted by Crippen LogP contribution is -2.63. The number of oxime groups is 1. The molecule has 0 saturated carbocycles. The average Bonchev–Trinajstić information content (AvgIpc) is 2.65. The Labute approximate surface area is 175 Å². The van der Waals surface area contributed by atoms with Crippen LogP contribution in [-0.2, 0) is 14.4 Å². The molecular weight excluding hydrogens is 522 g/mol. The second-order valence-electron chi connectivity index (χ2n) is 5.70. The van der Waals surface area contributed by atoms with E-state index in [1.54, 1.807) is 5.16 Å². The molecule has 0 aromatic heterocycles. The molecule has 33 heavy (non-hydrogen) atoms. The summed E-state index contributed by atoms with van der Waals surface area (Å²) in [5.41, 5.74) is -3.68. The molecule has 0 unspecified atom stereocenters. The summed E-state index contributed by atoms with van der Waals surface area (Å²) < 4.78 is 190. The van der Waals surface area contributed by atoms with Gasteiger partial charge in [-0.15, -0.1) is 0 Å². The fraction of sp³-hybridized carbons (Fsp3) is 0.500. The van der Waals surface area contributed by atoms with E-state index < -0.39 is 56.6 Å². The molecule has 0 bridgehead atoms. The number of hydrogen-bond acceptors (Lipinski definition) is 6. The van der Waals surface area contributed by atoms with Crippen molar-refractivity contribution < 1.29 is 74.9 Å². The molecule has 0 aliphatic carbocycles. The zero-order valence-corrected chi connectivity index (χ0v) is 16.5. The summed E-state index contributed by atoms with van der Waals surface area (Å²) in [7, 11) is -5.69. The van der Waals surface area contributed by atoms with Crippen LogP contribution in [0.1, 0.15) is 5.56 Å². The summed E-state index contributed by atoms with van der Waals surface area (Å²) in [6.07, 6.45) is -13.1. The number of benzene rings is 1. The van der Waals surface area contributed by atoms with Gasteiger partial charge in [0.25, 0.3) is 0 Å². The van der Waals surface area contributed by atoms with Crippen LogP contribution in [0.3, 0.4) is 0 Å². The van der Waals surface area contributed by atoms with E-state index in [2.05, 4.69) is 9.02 Å². The normalized spacial score (nSPS) is 14.8. The van der Waals surface area contributed by atoms with Crippen molar-refractivity contribution in [3.8, 4) is 11.5 Å². The third-order valence-corrected chi connectivity index (χ3v) is 4.74. The van der Waals surface area contributed by atoms with Crippen LogP contribution in [0.5, 0.6) is 11.5 Å². The largest absolute Gasteiger partial charge is 0.493 e. The molecular formula is C14H9F12NO5S. The van der Waals surface area contributed by atoms with Crippen LogP contribution in [0.4, 0.5) is 52.7 Å². The van der Waals surface area contributed by atoms with Gasteiger partial charge in [0.15, 0.2) is 17.2 Å². The van der Waals surface area contributed by atoms with Crippen molar-refractivity contribution in [1.29, 1.82) is 0 Å². The van der Waals surface area contributed by atoms with Crippen molar-refractivity contribution in [2.75, 3.05) is 14.2 Å². The molecule has 0 radical (unpaired) electrons. The number of hydrogen-bond donors (Lipinski definition) is 0. The average molecular weight is 531 g/mol. The highest BCUT2D eigenvalue weighted by molar-refractivity contribution is 7.87. The molecule has 19 heteroatoms. The molecule has 190 valence electrons. The Balaban J connectivity index is 3.56.